The van der Waals surface area contributed by atoms with Gasteiger partial charge in [-0.15, -0.1) is 0 Å². The Balaban J connectivity index is 0.00000560. The second-order valence-electron chi connectivity index (χ2n) is 11.3. The zero-order valence-electron chi connectivity index (χ0n) is 25.2. The van der Waals surface area contributed by atoms with E-state index in [1.807, 2.05) is 24.3 Å². The van der Waals surface area contributed by atoms with E-state index in [1.165, 1.54) is 109 Å². The maximum absolute atomic E-state index is 11.9. The first-order chi connectivity index (χ1) is 19.0. The number of unbranched alkanes of at least 4 members (excludes halogenated alkanes) is 16. The summed E-state index contributed by atoms with van der Waals surface area (Å²) in [7, 11) is -4.54. The maximum atomic E-state index is 11.9. The van der Waals surface area contributed by atoms with E-state index in [2.05, 4.69) is 29.3 Å². The fourth-order valence-electron chi connectivity index (χ4n) is 5.79. The van der Waals surface area contributed by atoms with Gasteiger partial charge in [0.25, 0.3) is 0 Å². The van der Waals surface area contributed by atoms with E-state index in [-0.39, 0.29) is 62.4 Å². The average Bonchev–Trinajstić information content (AvgIpc) is 3.27. The molecule has 3 rings (SSSR count). The van der Waals surface area contributed by atoms with Gasteiger partial charge in [-0.3, -0.25) is 0 Å². The Labute approximate surface area is 287 Å². The second kappa shape index (κ2) is 20.5. The predicted molar refractivity (Wildman–Crippen MR) is 163 cm³/mol. The minimum Gasteiger partial charge on any atom is -0.744 e. The van der Waals surface area contributed by atoms with Crippen molar-refractivity contribution in [2.75, 3.05) is 10.2 Å². The molecule has 0 aromatic heterocycles. The van der Waals surface area contributed by atoms with Crippen LogP contribution in [0.3, 0.4) is 0 Å². The number of benzene rings is 2. The zero-order chi connectivity index (χ0) is 27.8. The van der Waals surface area contributed by atoms with E-state index >= 15 is 0 Å². The fraction of sp³-hybridized carbons (Fsp3) is 0.636. The number of hydrogen-bond acceptors (Lipinski definition) is 5. The number of nitrogens with zero attached hydrogens (tertiary/aromatic N) is 1. The molecule has 1 N–H and O–H groups in total. The van der Waals surface area contributed by atoms with Crippen LogP contribution in [0.15, 0.2) is 53.4 Å². The van der Waals surface area contributed by atoms with Crippen LogP contribution < -0.4 is 61.6 Å². The summed E-state index contributed by atoms with van der Waals surface area (Å²) >= 11 is 0. The molecule has 0 fully saturated rings. The van der Waals surface area contributed by atoms with Crippen molar-refractivity contribution in [2.45, 2.75) is 140 Å². The summed E-state index contributed by atoms with van der Waals surface area (Å²) in [5.41, 5.74) is 2.42. The summed E-state index contributed by atoms with van der Waals surface area (Å²) in [5.74, 6) is 0. The molecule has 1 aliphatic rings. The molecule has 0 amide bonds. The number of nitrogens with one attached hydrogen (secondary N) is 1. The first-order valence-electron chi connectivity index (χ1n) is 15.7. The standard InChI is InChI=1S/C33H52N2O3S.K/c1-2-3-4-5-6-7-8-9-10-11-12-13-14-15-16-17-21-27-32-34-33-30(25-22-26-31(33)39(36,37)38)35(32)28-29-23-19-18-20-24-29;/h18-20,22-26,32,34H,2-17,21,27-28H2,1H3,(H,36,37,38);/q;+1/p-1. The molecule has 1 atom stereocenters. The fourth-order valence-corrected chi connectivity index (χ4v) is 6.45. The number of fused-ring (bicyclic) bond motifs is 1. The van der Waals surface area contributed by atoms with Crippen LogP contribution in [-0.4, -0.2) is 19.1 Å². The van der Waals surface area contributed by atoms with Gasteiger partial charge in [-0.05, 0) is 30.5 Å². The summed E-state index contributed by atoms with van der Waals surface area (Å²) in [5, 5.41) is 3.38. The maximum Gasteiger partial charge on any atom is 1.00 e. The molecule has 2 aromatic carbocycles. The van der Waals surface area contributed by atoms with Gasteiger partial charge in [0.2, 0.25) is 0 Å². The smallest absolute Gasteiger partial charge is 0.744 e. The molecule has 1 unspecified atom stereocenters. The van der Waals surface area contributed by atoms with E-state index in [1.54, 1.807) is 6.07 Å². The summed E-state index contributed by atoms with van der Waals surface area (Å²) in [6.45, 7) is 2.95. The molecule has 7 heteroatoms. The van der Waals surface area contributed by atoms with Crippen LogP contribution in [0.4, 0.5) is 11.4 Å². The van der Waals surface area contributed by atoms with E-state index in [9.17, 15) is 13.0 Å². The number of rotatable bonds is 21. The Morgan fingerprint density at radius 1 is 0.700 bits per heavy atom. The number of hydrogen-bond donors (Lipinski definition) is 1. The van der Waals surface area contributed by atoms with Gasteiger partial charge in [0.15, 0.2) is 0 Å². The molecule has 0 saturated carbocycles. The van der Waals surface area contributed by atoms with Crippen LogP contribution >= 0.6 is 0 Å². The largest absolute Gasteiger partial charge is 1.00 e. The molecular weight excluding hydrogens is 544 g/mol. The SMILES string of the molecule is CCCCCCCCCCCCCCCCCCCC1Nc2c(cccc2S(=O)(=O)[O-])N1Cc1ccccc1.[K+]. The summed E-state index contributed by atoms with van der Waals surface area (Å²) in [6.07, 6.45) is 23.8. The third-order valence-corrected chi connectivity index (χ3v) is 8.93. The molecule has 0 saturated heterocycles. The number of anilines is 2. The Kier molecular flexibility index (Phi) is 18.3. The molecule has 1 aliphatic heterocycles. The molecule has 218 valence electrons. The van der Waals surface area contributed by atoms with Crippen molar-refractivity contribution in [3.8, 4) is 0 Å². The van der Waals surface area contributed by atoms with Crippen molar-refractivity contribution in [2.24, 2.45) is 0 Å². The van der Waals surface area contributed by atoms with E-state index < -0.39 is 10.1 Å². The van der Waals surface area contributed by atoms with Gasteiger partial charge in [-0.2, -0.15) is 0 Å². The summed E-state index contributed by atoms with van der Waals surface area (Å²) in [4.78, 5) is 2.06. The Morgan fingerprint density at radius 2 is 1.20 bits per heavy atom. The van der Waals surface area contributed by atoms with E-state index in [0.717, 1.165) is 24.1 Å². The van der Waals surface area contributed by atoms with Crippen LogP contribution in [0.2, 0.25) is 0 Å². The minimum absolute atomic E-state index is 0. The normalized spacial score (nSPS) is 14.6. The molecule has 0 spiro atoms. The van der Waals surface area contributed by atoms with Crippen LogP contribution in [0.1, 0.15) is 128 Å². The topological polar surface area (TPSA) is 72.5 Å². The predicted octanol–water partition coefficient (Wildman–Crippen LogP) is 6.39. The van der Waals surface area contributed by atoms with Gasteiger partial charge in [-0.1, -0.05) is 146 Å². The Morgan fingerprint density at radius 3 is 1.70 bits per heavy atom. The number of para-hydroxylation sites is 1. The first-order valence-corrected chi connectivity index (χ1v) is 17.1. The van der Waals surface area contributed by atoms with Gasteiger partial charge >= 0.3 is 51.4 Å². The average molecular weight is 595 g/mol. The zero-order valence-corrected chi connectivity index (χ0v) is 29.2. The first kappa shape index (κ1) is 35.8. The van der Waals surface area contributed by atoms with E-state index in [0.29, 0.717) is 12.2 Å². The van der Waals surface area contributed by atoms with Gasteiger partial charge in [0.05, 0.1) is 22.4 Å². The minimum atomic E-state index is -4.54. The molecule has 2 aromatic rings. The Bertz CT molecular complexity index is 1050. The quantitative estimate of drug-likeness (QED) is 0.103. The van der Waals surface area contributed by atoms with Gasteiger partial charge in [-0.25, -0.2) is 8.42 Å². The van der Waals surface area contributed by atoms with Crippen molar-refractivity contribution in [3.63, 3.8) is 0 Å². The van der Waals surface area contributed by atoms with Crippen LogP contribution in [0.25, 0.3) is 0 Å². The third-order valence-electron chi connectivity index (χ3n) is 8.05. The summed E-state index contributed by atoms with van der Waals surface area (Å²) < 4.78 is 35.6. The van der Waals surface area contributed by atoms with Crippen molar-refractivity contribution in [3.05, 3.63) is 54.1 Å². The molecule has 0 aliphatic carbocycles. The van der Waals surface area contributed by atoms with Crippen molar-refractivity contribution >= 4 is 21.5 Å². The van der Waals surface area contributed by atoms with Gasteiger partial charge in [0, 0.05) is 6.54 Å². The summed E-state index contributed by atoms with van der Waals surface area (Å²) in [6, 6.07) is 15.2. The second-order valence-corrected chi connectivity index (χ2v) is 12.7. The third kappa shape index (κ3) is 12.8. The van der Waals surface area contributed by atoms with E-state index in [4.69, 9.17) is 0 Å². The van der Waals surface area contributed by atoms with Gasteiger partial charge in [0.1, 0.15) is 10.1 Å². The molecule has 0 radical (unpaired) electrons. The molecule has 5 nitrogen and oxygen atoms in total. The molecule has 40 heavy (non-hydrogen) atoms. The molecule has 0 bridgehead atoms. The monoisotopic (exact) mass is 594 g/mol. The molecular formula is C33H51KN2O3S. The van der Waals surface area contributed by atoms with Crippen LogP contribution in [-0.2, 0) is 16.7 Å². The van der Waals surface area contributed by atoms with Crippen LogP contribution in [0, 0.1) is 0 Å². The Hall–Kier alpha value is -0.414. The van der Waals surface area contributed by atoms with Crippen molar-refractivity contribution < 1.29 is 64.4 Å². The molecule has 1 heterocycles. The van der Waals surface area contributed by atoms with Crippen LogP contribution in [0.5, 0.6) is 0 Å². The van der Waals surface area contributed by atoms with Crippen molar-refractivity contribution in [1.82, 2.24) is 0 Å². The van der Waals surface area contributed by atoms with Gasteiger partial charge < -0.3 is 14.8 Å². The van der Waals surface area contributed by atoms with Crippen molar-refractivity contribution in [1.29, 1.82) is 0 Å².